The number of hydrogen-bond acceptors (Lipinski definition) is 3. The molecule has 0 bridgehead atoms. The Morgan fingerprint density at radius 1 is 1.39 bits per heavy atom. The van der Waals surface area contributed by atoms with Crippen LogP contribution in [0.5, 0.6) is 0 Å². The van der Waals surface area contributed by atoms with E-state index in [1.807, 2.05) is 6.08 Å². The van der Waals surface area contributed by atoms with Crippen LogP contribution in [0.1, 0.15) is 31.0 Å². The molecule has 0 spiro atoms. The summed E-state index contributed by atoms with van der Waals surface area (Å²) in [4.78, 5) is 11.2. The number of rotatable bonds is 5. The average molecular weight is 247 g/mol. The van der Waals surface area contributed by atoms with E-state index in [1.54, 1.807) is 6.92 Å². The normalized spacial score (nSPS) is 13.2. The smallest absolute Gasteiger partial charge is 0.333 e. The number of hydrogen-bond donors (Lipinski definition) is 1. The number of ether oxygens (including phenoxy) is 1. The number of carbonyl (C=O) groups excluding carboxylic acids is 1. The summed E-state index contributed by atoms with van der Waals surface area (Å²) in [7, 11) is 1.39. The van der Waals surface area contributed by atoms with Crippen molar-refractivity contribution in [1.29, 1.82) is 0 Å². The topological polar surface area (TPSA) is 38.3 Å². The standard InChI is InChI=1S/C15H21NO2/c1-11-5-7-14(8-6-11)13(3)16-10-9-12(2)15(17)18-4/h5-9,13,16H,10H2,1-4H3/b12-9+/t13-/m1/s1. The molecule has 0 unspecified atom stereocenters. The Kier molecular flexibility index (Phi) is 5.59. The van der Waals surface area contributed by atoms with Crippen molar-refractivity contribution in [2.24, 2.45) is 0 Å². The Hall–Kier alpha value is -1.61. The molecule has 3 nitrogen and oxygen atoms in total. The van der Waals surface area contributed by atoms with Crippen LogP contribution in [0, 0.1) is 6.92 Å². The van der Waals surface area contributed by atoms with E-state index in [0.29, 0.717) is 12.1 Å². The molecule has 1 aromatic rings. The first-order valence-corrected chi connectivity index (χ1v) is 6.09. The number of aryl methyl sites for hydroxylation is 1. The van der Waals surface area contributed by atoms with Gasteiger partial charge >= 0.3 is 5.97 Å². The fraction of sp³-hybridized carbons (Fsp3) is 0.400. The third-order valence-electron chi connectivity index (χ3n) is 2.92. The maximum absolute atomic E-state index is 11.2. The molecule has 0 aliphatic rings. The minimum atomic E-state index is -0.278. The predicted molar refractivity (Wildman–Crippen MR) is 73.4 cm³/mol. The van der Waals surface area contributed by atoms with Crippen molar-refractivity contribution in [2.75, 3.05) is 13.7 Å². The van der Waals surface area contributed by atoms with Gasteiger partial charge in [-0.3, -0.25) is 0 Å². The van der Waals surface area contributed by atoms with Crippen LogP contribution in [0.15, 0.2) is 35.9 Å². The van der Waals surface area contributed by atoms with E-state index in [4.69, 9.17) is 0 Å². The van der Waals surface area contributed by atoms with Crippen molar-refractivity contribution < 1.29 is 9.53 Å². The number of esters is 1. The van der Waals surface area contributed by atoms with E-state index >= 15 is 0 Å². The number of nitrogens with one attached hydrogen (secondary N) is 1. The molecule has 3 heteroatoms. The SMILES string of the molecule is COC(=O)/C(C)=C/CN[C@H](C)c1ccc(C)cc1. The van der Waals surface area contributed by atoms with Crippen LogP contribution in [0.25, 0.3) is 0 Å². The molecule has 1 N–H and O–H groups in total. The van der Waals surface area contributed by atoms with E-state index in [0.717, 1.165) is 0 Å². The van der Waals surface area contributed by atoms with E-state index in [-0.39, 0.29) is 12.0 Å². The van der Waals surface area contributed by atoms with E-state index < -0.39 is 0 Å². The van der Waals surface area contributed by atoms with Crippen molar-refractivity contribution in [3.8, 4) is 0 Å². The molecule has 0 saturated carbocycles. The predicted octanol–water partition coefficient (Wildman–Crippen LogP) is 2.76. The monoisotopic (exact) mass is 247 g/mol. The fourth-order valence-electron chi connectivity index (χ4n) is 1.61. The highest BCUT2D eigenvalue weighted by Crippen LogP contribution is 2.12. The molecule has 0 saturated heterocycles. The zero-order chi connectivity index (χ0) is 13.5. The first-order valence-electron chi connectivity index (χ1n) is 6.09. The molecule has 1 rings (SSSR count). The van der Waals surface area contributed by atoms with E-state index in [1.165, 1.54) is 18.2 Å². The largest absolute Gasteiger partial charge is 0.466 e. The molecule has 0 aliphatic heterocycles. The summed E-state index contributed by atoms with van der Waals surface area (Å²) in [5.74, 6) is -0.278. The van der Waals surface area contributed by atoms with Crippen molar-refractivity contribution in [1.82, 2.24) is 5.32 Å². The molecular formula is C15H21NO2. The summed E-state index contributed by atoms with van der Waals surface area (Å²) < 4.78 is 4.63. The molecule has 0 heterocycles. The molecule has 18 heavy (non-hydrogen) atoms. The van der Waals surface area contributed by atoms with Gasteiger partial charge in [0.1, 0.15) is 0 Å². The lowest BCUT2D eigenvalue weighted by Gasteiger charge is -2.13. The molecule has 1 atom stereocenters. The highest BCUT2D eigenvalue weighted by molar-refractivity contribution is 5.87. The quantitative estimate of drug-likeness (QED) is 0.642. The van der Waals surface area contributed by atoms with Crippen LogP contribution in [0.3, 0.4) is 0 Å². The van der Waals surface area contributed by atoms with Crippen molar-refractivity contribution in [2.45, 2.75) is 26.8 Å². The number of methoxy groups -OCH3 is 1. The molecule has 0 aromatic heterocycles. The summed E-state index contributed by atoms with van der Waals surface area (Å²) in [5.41, 5.74) is 3.12. The first-order chi connectivity index (χ1) is 8.54. The van der Waals surface area contributed by atoms with Gasteiger partial charge in [-0.05, 0) is 26.3 Å². The minimum Gasteiger partial charge on any atom is -0.466 e. The summed E-state index contributed by atoms with van der Waals surface area (Å²) in [6, 6.07) is 8.69. The second kappa shape index (κ2) is 6.97. The third kappa shape index (κ3) is 4.34. The Morgan fingerprint density at radius 2 is 2.00 bits per heavy atom. The van der Waals surface area contributed by atoms with Gasteiger partial charge in [0.05, 0.1) is 7.11 Å². The highest BCUT2D eigenvalue weighted by atomic mass is 16.5. The summed E-state index contributed by atoms with van der Waals surface area (Å²) >= 11 is 0. The number of carbonyl (C=O) groups is 1. The van der Waals surface area contributed by atoms with Gasteiger partial charge in [0.25, 0.3) is 0 Å². The first kappa shape index (κ1) is 14.5. The molecule has 0 amide bonds. The van der Waals surface area contributed by atoms with Crippen LogP contribution >= 0.6 is 0 Å². The molecule has 0 fully saturated rings. The lowest BCUT2D eigenvalue weighted by molar-refractivity contribution is -0.136. The summed E-state index contributed by atoms with van der Waals surface area (Å²) in [6.45, 7) is 6.58. The van der Waals surface area contributed by atoms with Gasteiger partial charge in [0.15, 0.2) is 0 Å². The van der Waals surface area contributed by atoms with Gasteiger partial charge in [-0.1, -0.05) is 35.9 Å². The second-order valence-electron chi connectivity index (χ2n) is 4.42. The van der Waals surface area contributed by atoms with Crippen LogP contribution in [0.2, 0.25) is 0 Å². The van der Waals surface area contributed by atoms with Gasteiger partial charge in [-0.2, -0.15) is 0 Å². The molecule has 98 valence electrons. The highest BCUT2D eigenvalue weighted by Gasteiger charge is 2.05. The Bertz CT molecular complexity index is 421. The van der Waals surface area contributed by atoms with Gasteiger partial charge in [-0.25, -0.2) is 4.79 Å². The maximum Gasteiger partial charge on any atom is 0.333 e. The van der Waals surface area contributed by atoms with Crippen molar-refractivity contribution >= 4 is 5.97 Å². The molecule has 0 radical (unpaired) electrons. The Morgan fingerprint density at radius 3 is 2.56 bits per heavy atom. The zero-order valence-corrected chi connectivity index (χ0v) is 11.5. The summed E-state index contributed by atoms with van der Waals surface area (Å²) in [5, 5.41) is 3.34. The van der Waals surface area contributed by atoms with Gasteiger partial charge in [0, 0.05) is 18.2 Å². The van der Waals surface area contributed by atoms with Crippen LogP contribution in [-0.2, 0) is 9.53 Å². The Balaban J connectivity index is 2.49. The molecule has 0 aliphatic carbocycles. The van der Waals surface area contributed by atoms with Gasteiger partial charge in [-0.15, -0.1) is 0 Å². The van der Waals surface area contributed by atoms with E-state index in [2.05, 4.69) is 48.2 Å². The van der Waals surface area contributed by atoms with Crippen LogP contribution in [-0.4, -0.2) is 19.6 Å². The number of benzene rings is 1. The zero-order valence-electron chi connectivity index (χ0n) is 11.5. The minimum absolute atomic E-state index is 0.257. The van der Waals surface area contributed by atoms with Crippen molar-refractivity contribution in [3.63, 3.8) is 0 Å². The van der Waals surface area contributed by atoms with Gasteiger partial charge < -0.3 is 10.1 Å². The molecular weight excluding hydrogens is 226 g/mol. The fourth-order valence-corrected chi connectivity index (χ4v) is 1.61. The van der Waals surface area contributed by atoms with Gasteiger partial charge in [0.2, 0.25) is 0 Å². The summed E-state index contributed by atoms with van der Waals surface area (Å²) in [6.07, 6.45) is 1.84. The molecule has 1 aromatic carbocycles. The van der Waals surface area contributed by atoms with Crippen molar-refractivity contribution in [3.05, 3.63) is 47.0 Å². The lowest BCUT2D eigenvalue weighted by Crippen LogP contribution is -2.19. The van der Waals surface area contributed by atoms with E-state index in [9.17, 15) is 4.79 Å². The average Bonchev–Trinajstić information content (AvgIpc) is 2.38. The second-order valence-corrected chi connectivity index (χ2v) is 4.42. The van der Waals surface area contributed by atoms with Crippen LogP contribution < -0.4 is 5.32 Å². The maximum atomic E-state index is 11.2. The lowest BCUT2D eigenvalue weighted by atomic mass is 10.1. The third-order valence-corrected chi connectivity index (χ3v) is 2.92. The Labute approximate surface area is 109 Å². The van der Waals surface area contributed by atoms with Crippen LogP contribution in [0.4, 0.5) is 0 Å².